The highest BCUT2D eigenvalue weighted by atomic mass is 16.5. The number of hydrogen-bond acceptors (Lipinski definition) is 4. The molecular formula is C23H29N3O3. The Balaban J connectivity index is 1.46. The zero-order chi connectivity index (χ0) is 20.8. The van der Waals surface area contributed by atoms with Crippen molar-refractivity contribution in [1.82, 2.24) is 5.32 Å². The summed E-state index contributed by atoms with van der Waals surface area (Å²) in [4.78, 5) is 27.0. The summed E-state index contributed by atoms with van der Waals surface area (Å²) in [7, 11) is 1.62. The Morgan fingerprint density at radius 1 is 0.966 bits per heavy atom. The van der Waals surface area contributed by atoms with Gasteiger partial charge in [-0.25, -0.2) is 0 Å². The van der Waals surface area contributed by atoms with Crippen LogP contribution in [-0.4, -0.2) is 32.0 Å². The second-order valence-corrected chi connectivity index (χ2v) is 7.22. The standard InChI is InChI=1S/C23H29N3O3/c1-4-26(5-2)18-10-8-17(9-11-18)25-23(28)21-14-20(21)22(27)24-15-16-6-12-19(29-3)13-7-16/h6-13,20-21H,4-5,14-15H2,1-3H3,(H,24,27)(H,25,28). The molecule has 1 saturated carbocycles. The van der Waals surface area contributed by atoms with Crippen molar-refractivity contribution in [2.75, 3.05) is 30.4 Å². The Morgan fingerprint density at radius 3 is 2.17 bits per heavy atom. The summed E-state index contributed by atoms with van der Waals surface area (Å²) >= 11 is 0. The third-order valence-electron chi connectivity index (χ3n) is 5.35. The molecule has 0 bridgehead atoms. The van der Waals surface area contributed by atoms with Gasteiger partial charge in [-0.05, 0) is 62.2 Å². The molecular weight excluding hydrogens is 366 g/mol. The fourth-order valence-corrected chi connectivity index (χ4v) is 3.42. The summed E-state index contributed by atoms with van der Waals surface area (Å²) in [6, 6.07) is 15.4. The van der Waals surface area contributed by atoms with Crippen molar-refractivity contribution < 1.29 is 14.3 Å². The van der Waals surface area contributed by atoms with E-state index in [0.717, 1.165) is 35.8 Å². The summed E-state index contributed by atoms with van der Waals surface area (Å²) in [6.07, 6.45) is 0.595. The van der Waals surface area contributed by atoms with Crippen LogP contribution in [0.2, 0.25) is 0 Å². The molecule has 0 aromatic heterocycles. The number of rotatable bonds is 9. The third kappa shape index (κ3) is 5.28. The van der Waals surface area contributed by atoms with Gasteiger partial charge in [-0.2, -0.15) is 0 Å². The van der Waals surface area contributed by atoms with Gasteiger partial charge in [0.05, 0.1) is 18.9 Å². The molecule has 154 valence electrons. The molecule has 2 unspecified atom stereocenters. The van der Waals surface area contributed by atoms with Crippen LogP contribution in [0.5, 0.6) is 5.75 Å². The van der Waals surface area contributed by atoms with Crippen molar-refractivity contribution in [2.24, 2.45) is 11.8 Å². The molecule has 0 radical (unpaired) electrons. The maximum absolute atomic E-state index is 12.5. The molecule has 29 heavy (non-hydrogen) atoms. The lowest BCUT2D eigenvalue weighted by Gasteiger charge is -2.21. The van der Waals surface area contributed by atoms with Gasteiger partial charge in [-0.1, -0.05) is 12.1 Å². The number of ether oxygens (including phenoxy) is 1. The summed E-state index contributed by atoms with van der Waals surface area (Å²) < 4.78 is 5.13. The molecule has 6 heteroatoms. The molecule has 0 saturated heterocycles. The maximum atomic E-state index is 12.5. The average molecular weight is 396 g/mol. The molecule has 2 atom stereocenters. The predicted octanol–water partition coefficient (Wildman–Crippen LogP) is 3.43. The number of hydrogen-bond donors (Lipinski definition) is 2. The van der Waals surface area contributed by atoms with Crippen LogP contribution in [0.3, 0.4) is 0 Å². The van der Waals surface area contributed by atoms with E-state index in [0.29, 0.717) is 13.0 Å². The molecule has 1 fully saturated rings. The molecule has 1 aliphatic carbocycles. The van der Waals surface area contributed by atoms with Crippen molar-refractivity contribution in [3.63, 3.8) is 0 Å². The minimum absolute atomic E-state index is 0.0714. The van der Waals surface area contributed by atoms with Crippen molar-refractivity contribution in [2.45, 2.75) is 26.8 Å². The van der Waals surface area contributed by atoms with Gasteiger partial charge in [-0.3, -0.25) is 9.59 Å². The van der Waals surface area contributed by atoms with E-state index in [1.54, 1.807) is 7.11 Å². The minimum Gasteiger partial charge on any atom is -0.497 e. The molecule has 2 aromatic rings. The molecule has 0 heterocycles. The van der Waals surface area contributed by atoms with Gasteiger partial charge in [0.2, 0.25) is 11.8 Å². The molecule has 3 rings (SSSR count). The van der Waals surface area contributed by atoms with E-state index in [2.05, 4.69) is 29.4 Å². The van der Waals surface area contributed by atoms with E-state index >= 15 is 0 Å². The first-order chi connectivity index (χ1) is 14.0. The van der Waals surface area contributed by atoms with Crippen LogP contribution in [0, 0.1) is 11.8 Å². The first-order valence-corrected chi connectivity index (χ1v) is 10.1. The van der Waals surface area contributed by atoms with Crippen LogP contribution in [0.25, 0.3) is 0 Å². The van der Waals surface area contributed by atoms with Crippen LogP contribution in [0.4, 0.5) is 11.4 Å². The smallest absolute Gasteiger partial charge is 0.228 e. The van der Waals surface area contributed by atoms with Gasteiger partial charge in [0.1, 0.15) is 5.75 Å². The van der Waals surface area contributed by atoms with Crippen LogP contribution < -0.4 is 20.3 Å². The van der Waals surface area contributed by atoms with Gasteiger partial charge in [-0.15, -0.1) is 0 Å². The maximum Gasteiger partial charge on any atom is 0.228 e. The van der Waals surface area contributed by atoms with Crippen LogP contribution in [-0.2, 0) is 16.1 Å². The number of methoxy groups -OCH3 is 1. The van der Waals surface area contributed by atoms with Crippen molar-refractivity contribution in [1.29, 1.82) is 0 Å². The summed E-state index contributed by atoms with van der Waals surface area (Å²) in [5.74, 6) is 0.115. The first-order valence-electron chi connectivity index (χ1n) is 10.1. The number of carbonyl (C=O) groups excluding carboxylic acids is 2. The lowest BCUT2D eigenvalue weighted by molar-refractivity contribution is -0.125. The minimum atomic E-state index is -0.256. The topological polar surface area (TPSA) is 70.7 Å². The summed E-state index contributed by atoms with van der Waals surface area (Å²) in [5, 5.41) is 5.84. The van der Waals surface area contributed by atoms with Gasteiger partial charge in [0.15, 0.2) is 0 Å². The molecule has 2 amide bonds. The fraction of sp³-hybridized carbons (Fsp3) is 0.391. The lowest BCUT2D eigenvalue weighted by Crippen LogP contribution is -2.27. The van der Waals surface area contributed by atoms with Crippen LogP contribution in [0.1, 0.15) is 25.8 Å². The normalized spacial score (nSPS) is 17.3. The molecule has 0 aliphatic heterocycles. The highest BCUT2D eigenvalue weighted by molar-refractivity contribution is 5.99. The van der Waals surface area contributed by atoms with E-state index < -0.39 is 0 Å². The number of amides is 2. The summed E-state index contributed by atoms with van der Waals surface area (Å²) in [6.45, 7) is 6.56. The Labute approximate surface area is 172 Å². The van der Waals surface area contributed by atoms with Crippen LogP contribution in [0.15, 0.2) is 48.5 Å². The molecule has 2 N–H and O–H groups in total. The second-order valence-electron chi connectivity index (χ2n) is 7.22. The van der Waals surface area contributed by atoms with Gasteiger partial charge >= 0.3 is 0 Å². The number of carbonyl (C=O) groups is 2. The molecule has 2 aromatic carbocycles. The molecule has 1 aliphatic rings. The van der Waals surface area contributed by atoms with Gasteiger partial charge in [0.25, 0.3) is 0 Å². The average Bonchev–Trinajstić information content (AvgIpc) is 3.56. The van der Waals surface area contributed by atoms with Crippen LogP contribution >= 0.6 is 0 Å². The monoisotopic (exact) mass is 395 g/mol. The molecule has 0 spiro atoms. The van der Waals surface area contributed by atoms with Gasteiger partial charge < -0.3 is 20.3 Å². The Hall–Kier alpha value is -3.02. The quantitative estimate of drug-likeness (QED) is 0.682. The lowest BCUT2D eigenvalue weighted by atomic mass is 10.2. The number of benzene rings is 2. The van der Waals surface area contributed by atoms with Gasteiger partial charge in [0, 0.05) is 31.0 Å². The first kappa shape index (κ1) is 20.7. The Morgan fingerprint density at radius 2 is 1.59 bits per heavy atom. The van der Waals surface area contributed by atoms with Crippen molar-refractivity contribution >= 4 is 23.2 Å². The van der Waals surface area contributed by atoms with E-state index in [9.17, 15) is 9.59 Å². The predicted molar refractivity (Wildman–Crippen MR) is 115 cm³/mol. The Bertz CT molecular complexity index is 829. The van der Waals surface area contributed by atoms with E-state index in [1.165, 1.54) is 0 Å². The number of nitrogens with one attached hydrogen (secondary N) is 2. The zero-order valence-electron chi connectivity index (χ0n) is 17.3. The van der Waals surface area contributed by atoms with Crippen molar-refractivity contribution in [3.8, 4) is 5.75 Å². The fourth-order valence-electron chi connectivity index (χ4n) is 3.42. The SMILES string of the molecule is CCN(CC)c1ccc(NC(=O)C2CC2C(=O)NCc2ccc(OC)cc2)cc1. The largest absolute Gasteiger partial charge is 0.497 e. The van der Waals surface area contributed by atoms with Crippen molar-refractivity contribution in [3.05, 3.63) is 54.1 Å². The molecule has 6 nitrogen and oxygen atoms in total. The second kappa shape index (κ2) is 9.45. The third-order valence-corrected chi connectivity index (χ3v) is 5.35. The highest BCUT2D eigenvalue weighted by Crippen LogP contribution is 2.39. The summed E-state index contributed by atoms with van der Waals surface area (Å²) in [5.41, 5.74) is 2.89. The number of nitrogens with zero attached hydrogens (tertiary/aromatic N) is 1. The van der Waals surface area contributed by atoms with E-state index in [1.807, 2.05) is 48.5 Å². The highest BCUT2D eigenvalue weighted by Gasteiger charge is 2.47. The number of anilines is 2. The Kier molecular flexibility index (Phi) is 6.75. The van der Waals surface area contributed by atoms with E-state index in [4.69, 9.17) is 4.74 Å². The zero-order valence-corrected chi connectivity index (χ0v) is 17.3. The van der Waals surface area contributed by atoms with E-state index in [-0.39, 0.29) is 23.7 Å².